The summed E-state index contributed by atoms with van der Waals surface area (Å²) in [5.74, 6) is -0.145. The predicted molar refractivity (Wildman–Crippen MR) is 102 cm³/mol. The van der Waals surface area contributed by atoms with Crippen LogP contribution in [0.15, 0.2) is 48.5 Å². The molecule has 0 aliphatic rings. The molecule has 2 N–H and O–H groups in total. The molecule has 0 heterocycles. The minimum atomic E-state index is -0.157. The zero-order chi connectivity index (χ0) is 18.3. The Labute approximate surface area is 153 Å². The topological polar surface area (TPSA) is 64.9 Å². The third-order valence-corrected chi connectivity index (χ3v) is 4.30. The maximum atomic E-state index is 12.1. The van der Waals surface area contributed by atoms with Gasteiger partial charge < -0.3 is 10.6 Å². The van der Waals surface area contributed by atoms with E-state index in [1.54, 1.807) is 18.2 Å². The summed E-state index contributed by atoms with van der Waals surface area (Å²) >= 11 is 5.97. The fourth-order valence-corrected chi connectivity index (χ4v) is 2.62. The second kappa shape index (κ2) is 8.66. The van der Waals surface area contributed by atoms with Crippen molar-refractivity contribution in [2.45, 2.75) is 32.2 Å². The number of halogens is 1. The molecule has 5 heteroatoms. The lowest BCUT2D eigenvalue weighted by molar-refractivity contribution is -0.115. The minimum absolute atomic E-state index is 0.145. The smallest absolute Gasteiger partial charge is 0.238 e. The summed E-state index contributed by atoms with van der Waals surface area (Å²) in [4.78, 5) is 12.1. The molecule has 0 saturated carbocycles. The maximum absolute atomic E-state index is 12.1. The van der Waals surface area contributed by atoms with Crippen molar-refractivity contribution in [1.29, 1.82) is 5.26 Å². The van der Waals surface area contributed by atoms with Gasteiger partial charge in [0.15, 0.2) is 0 Å². The van der Waals surface area contributed by atoms with Crippen molar-refractivity contribution in [3.8, 4) is 6.07 Å². The Bertz CT molecular complexity index is 766. The van der Waals surface area contributed by atoms with Crippen molar-refractivity contribution < 1.29 is 4.79 Å². The van der Waals surface area contributed by atoms with Gasteiger partial charge in [0.25, 0.3) is 0 Å². The number of hydrogen-bond acceptors (Lipinski definition) is 3. The van der Waals surface area contributed by atoms with Gasteiger partial charge in [0.1, 0.15) is 6.07 Å². The van der Waals surface area contributed by atoms with E-state index < -0.39 is 0 Å². The normalized spacial score (nSPS) is 11.0. The maximum Gasteiger partial charge on any atom is 0.238 e. The third-order valence-electron chi connectivity index (χ3n) is 3.98. The number of nitrogens with one attached hydrogen (secondary N) is 2. The quantitative estimate of drug-likeness (QED) is 0.784. The monoisotopic (exact) mass is 355 g/mol. The Morgan fingerprint density at radius 1 is 1.20 bits per heavy atom. The van der Waals surface area contributed by atoms with Gasteiger partial charge in [-0.3, -0.25) is 4.79 Å². The summed E-state index contributed by atoms with van der Waals surface area (Å²) in [7, 11) is 0. The van der Waals surface area contributed by atoms with Crippen LogP contribution in [0.5, 0.6) is 0 Å². The highest BCUT2D eigenvalue weighted by atomic mass is 35.5. The van der Waals surface area contributed by atoms with E-state index >= 15 is 0 Å². The number of carbonyl (C=O) groups excluding carboxylic acids is 1. The fourth-order valence-electron chi connectivity index (χ4n) is 2.40. The van der Waals surface area contributed by atoms with Crippen molar-refractivity contribution in [2.24, 2.45) is 0 Å². The van der Waals surface area contributed by atoms with Gasteiger partial charge in [-0.1, -0.05) is 41.9 Å². The number of nitriles is 1. The Balaban J connectivity index is 1.82. The third kappa shape index (κ3) is 6.22. The van der Waals surface area contributed by atoms with Crippen LogP contribution in [0.25, 0.3) is 0 Å². The summed E-state index contributed by atoms with van der Waals surface area (Å²) in [6.07, 6.45) is 1.88. The van der Waals surface area contributed by atoms with Gasteiger partial charge in [-0.2, -0.15) is 5.26 Å². The van der Waals surface area contributed by atoms with E-state index in [9.17, 15) is 4.79 Å². The number of carbonyl (C=O) groups is 1. The van der Waals surface area contributed by atoms with Crippen LogP contribution < -0.4 is 10.6 Å². The van der Waals surface area contributed by atoms with Crippen LogP contribution in [0.3, 0.4) is 0 Å². The lowest BCUT2D eigenvalue weighted by Gasteiger charge is -2.26. The molecule has 0 radical (unpaired) electrons. The Morgan fingerprint density at radius 2 is 1.92 bits per heavy atom. The van der Waals surface area contributed by atoms with E-state index in [2.05, 4.69) is 36.6 Å². The molecule has 0 aromatic heterocycles. The molecular formula is C20H22ClN3O. The van der Waals surface area contributed by atoms with Crippen LogP contribution in [0.4, 0.5) is 5.69 Å². The Hall–Kier alpha value is -2.35. The zero-order valence-electron chi connectivity index (χ0n) is 14.5. The zero-order valence-corrected chi connectivity index (χ0v) is 15.2. The van der Waals surface area contributed by atoms with Crippen LogP contribution >= 0.6 is 11.6 Å². The van der Waals surface area contributed by atoms with Crippen LogP contribution in [-0.2, 0) is 11.2 Å². The second-order valence-electron chi connectivity index (χ2n) is 6.58. The predicted octanol–water partition coefficient (Wildman–Crippen LogP) is 4.15. The molecule has 2 aromatic rings. The van der Waals surface area contributed by atoms with Crippen molar-refractivity contribution in [3.05, 3.63) is 64.7 Å². The molecule has 0 unspecified atom stereocenters. The molecule has 0 aliphatic carbocycles. The molecule has 0 fully saturated rings. The highest BCUT2D eigenvalue weighted by Gasteiger charge is 2.18. The first-order chi connectivity index (χ1) is 11.9. The lowest BCUT2D eigenvalue weighted by Crippen LogP contribution is -2.44. The average molecular weight is 356 g/mol. The van der Waals surface area contributed by atoms with Crippen molar-refractivity contribution in [1.82, 2.24) is 5.32 Å². The van der Waals surface area contributed by atoms with Gasteiger partial charge in [0.2, 0.25) is 5.91 Å². The van der Waals surface area contributed by atoms with Crippen LogP contribution in [-0.4, -0.2) is 18.0 Å². The first-order valence-corrected chi connectivity index (χ1v) is 8.56. The summed E-state index contributed by atoms with van der Waals surface area (Å²) in [6.45, 7) is 4.38. The van der Waals surface area contributed by atoms with E-state index in [0.717, 1.165) is 12.8 Å². The number of anilines is 1. The summed E-state index contributed by atoms with van der Waals surface area (Å²) < 4.78 is 0. The molecule has 0 bridgehead atoms. The van der Waals surface area contributed by atoms with Gasteiger partial charge >= 0.3 is 0 Å². The first-order valence-electron chi connectivity index (χ1n) is 8.18. The molecule has 130 valence electrons. The van der Waals surface area contributed by atoms with Crippen molar-refractivity contribution in [3.63, 3.8) is 0 Å². The number of rotatable bonds is 7. The SMILES string of the molecule is CC(C)(CCc1ccccc1)NCC(=O)Nc1ccc(C#N)c(Cl)c1. The molecule has 4 nitrogen and oxygen atoms in total. The van der Waals surface area contributed by atoms with E-state index in [0.29, 0.717) is 16.3 Å². The van der Waals surface area contributed by atoms with Crippen LogP contribution in [0.2, 0.25) is 5.02 Å². The first kappa shape index (κ1) is 19.0. The number of nitrogens with zero attached hydrogens (tertiary/aromatic N) is 1. The minimum Gasteiger partial charge on any atom is -0.325 e. The average Bonchev–Trinajstić information content (AvgIpc) is 2.60. The molecule has 0 saturated heterocycles. The summed E-state index contributed by atoms with van der Waals surface area (Å²) in [6, 6.07) is 17.1. The Morgan fingerprint density at radius 3 is 2.56 bits per heavy atom. The number of benzene rings is 2. The fraction of sp³-hybridized carbons (Fsp3) is 0.300. The molecule has 2 rings (SSSR count). The Kier molecular flexibility index (Phi) is 6.58. The van der Waals surface area contributed by atoms with Gasteiger partial charge in [-0.25, -0.2) is 0 Å². The highest BCUT2D eigenvalue weighted by molar-refractivity contribution is 6.32. The van der Waals surface area contributed by atoms with E-state index in [-0.39, 0.29) is 18.0 Å². The lowest BCUT2D eigenvalue weighted by atomic mass is 9.95. The standard InChI is InChI=1S/C20H22ClN3O/c1-20(2,11-10-15-6-4-3-5-7-15)23-14-19(25)24-17-9-8-16(13-22)18(21)12-17/h3-9,12,23H,10-11,14H2,1-2H3,(H,24,25). The number of amides is 1. The van der Waals surface area contributed by atoms with Gasteiger partial charge in [-0.05, 0) is 50.5 Å². The number of hydrogen-bond donors (Lipinski definition) is 2. The molecular weight excluding hydrogens is 334 g/mol. The van der Waals surface area contributed by atoms with Crippen molar-refractivity contribution >= 4 is 23.2 Å². The largest absolute Gasteiger partial charge is 0.325 e. The van der Waals surface area contributed by atoms with Gasteiger partial charge in [0, 0.05) is 11.2 Å². The van der Waals surface area contributed by atoms with Gasteiger partial charge in [0.05, 0.1) is 17.1 Å². The van der Waals surface area contributed by atoms with Crippen LogP contribution in [0, 0.1) is 11.3 Å². The summed E-state index contributed by atoms with van der Waals surface area (Å²) in [5.41, 5.74) is 2.10. The molecule has 0 spiro atoms. The molecule has 2 aromatic carbocycles. The highest BCUT2D eigenvalue weighted by Crippen LogP contribution is 2.20. The molecule has 0 aliphatic heterocycles. The van der Waals surface area contributed by atoms with Gasteiger partial charge in [-0.15, -0.1) is 0 Å². The molecule has 0 atom stereocenters. The molecule has 25 heavy (non-hydrogen) atoms. The van der Waals surface area contributed by atoms with E-state index in [1.807, 2.05) is 24.3 Å². The summed E-state index contributed by atoms with van der Waals surface area (Å²) in [5, 5.41) is 15.3. The van der Waals surface area contributed by atoms with E-state index in [1.165, 1.54) is 5.56 Å². The second-order valence-corrected chi connectivity index (χ2v) is 6.98. The number of aryl methyl sites for hydroxylation is 1. The van der Waals surface area contributed by atoms with Crippen molar-refractivity contribution in [2.75, 3.05) is 11.9 Å². The van der Waals surface area contributed by atoms with Crippen LogP contribution in [0.1, 0.15) is 31.4 Å². The van der Waals surface area contributed by atoms with E-state index in [4.69, 9.17) is 16.9 Å². The molecule has 1 amide bonds.